The van der Waals surface area contributed by atoms with Crippen LogP contribution < -0.4 is 11.1 Å². The predicted molar refractivity (Wildman–Crippen MR) is 67.2 cm³/mol. The fourth-order valence-electron chi connectivity index (χ4n) is 1.55. The van der Waals surface area contributed by atoms with Crippen LogP contribution >= 0.6 is 0 Å². The Morgan fingerprint density at radius 3 is 2.78 bits per heavy atom. The fourth-order valence-corrected chi connectivity index (χ4v) is 1.55. The molecule has 0 aliphatic carbocycles. The molecule has 5 nitrogen and oxygen atoms in total. The number of hydrogen-bond donors (Lipinski definition) is 4. The smallest absolute Gasteiger partial charge is 0.340 e. The van der Waals surface area contributed by atoms with Crippen LogP contribution in [0.25, 0.3) is 0 Å². The molecule has 1 unspecified atom stereocenters. The number of benzene rings is 1. The Hall–Kier alpha value is -1.82. The number of nitrogen functional groups attached to an aromatic ring is 1. The van der Waals surface area contributed by atoms with E-state index in [4.69, 9.17) is 10.8 Å². The van der Waals surface area contributed by atoms with Crippen LogP contribution in [0.1, 0.15) is 30.1 Å². The fraction of sp³-hybridized carbons (Fsp3) is 0.417. The Kier molecular flexibility index (Phi) is 4.91. The Balaban J connectivity index is 2.83. The number of hydrogen-bond acceptors (Lipinski definition) is 4. The SMILES string of the molecule is CCC(O)CCNc1ccc(F)c(N)c1C(=O)O. The van der Waals surface area contributed by atoms with Crippen molar-refractivity contribution < 1.29 is 19.4 Å². The molecule has 0 heterocycles. The third-order valence-corrected chi connectivity index (χ3v) is 2.67. The summed E-state index contributed by atoms with van der Waals surface area (Å²) in [5, 5.41) is 21.2. The molecule has 0 saturated heterocycles. The molecule has 1 aromatic carbocycles. The number of carbonyl (C=O) groups is 1. The van der Waals surface area contributed by atoms with Gasteiger partial charge in [-0.05, 0) is 25.0 Å². The molecule has 0 amide bonds. The lowest BCUT2D eigenvalue weighted by Crippen LogP contribution is -2.15. The molecule has 0 fully saturated rings. The number of carboxylic acids is 1. The van der Waals surface area contributed by atoms with E-state index >= 15 is 0 Å². The van der Waals surface area contributed by atoms with Crippen LogP contribution in [0.4, 0.5) is 15.8 Å². The van der Waals surface area contributed by atoms with E-state index < -0.39 is 17.9 Å². The second kappa shape index (κ2) is 6.20. The van der Waals surface area contributed by atoms with Gasteiger partial charge in [-0.15, -0.1) is 0 Å². The van der Waals surface area contributed by atoms with Crippen molar-refractivity contribution >= 4 is 17.3 Å². The van der Waals surface area contributed by atoms with Gasteiger partial charge in [0.2, 0.25) is 0 Å². The minimum Gasteiger partial charge on any atom is -0.478 e. The Bertz CT molecular complexity index is 438. The van der Waals surface area contributed by atoms with Crippen LogP contribution in [-0.4, -0.2) is 28.8 Å². The zero-order chi connectivity index (χ0) is 13.7. The van der Waals surface area contributed by atoms with Crippen LogP contribution in [0.5, 0.6) is 0 Å². The number of rotatable bonds is 6. The number of aliphatic hydroxyl groups is 1. The van der Waals surface area contributed by atoms with E-state index in [0.29, 0.717) is 19.4 Å². The zero-order valence-corrected chi connectivity index (χ0v) is 10.1. The molecule has 5 N–H and O–H groups in total. The average molecular weight is 256 g/mol. The first kappa shape index (κ1) is 14.2. The van der Waals surface area contributed by atoms with Crippen LogP contribution in [0.3, 0.4) is 0 Å². The maximum absolute atomic E-state index is 13.2. The van der Waals surface area contributed by atoms with Crippen molar-refractivity contribution in [3.63, 3.8) is 0 Å². The third kappa shape index (κ3) is 3.33. The van der Waals surface area contributed by atoms with Crippen molar-refractivity contribution in [2.75, 3.05) is 17.6 Å². The lowest BCUT2D eigenvalue weighted by atomic mass is 10.1. The topological polar surface area (TPSA) is 95.6 Å². The molecule has 0 aliphatic rings. The molecular weight excluding hydrogens is 239 g/mol. The molecule has 18 heavy (non-hydrogen) atoms. The van der Waals surface area contributed by atoms with Crippen molar-refractivity contribution in [1.82, 2.24) is 0 Å². The average Bonchev–Trinajstić information content (AvgIpc) is 2.33. The van der Waals surface area contributed by atoms with Gasteiger partial charge in [0.05, 0.1) is 17.5 Å². The predicted octanol–water partition coefficient (Wildman–Crippen LogP) is 1.68. The van der Waals surface area contributed by atoms with Gasteiger partial charge in [0, 0.05) is 6.54 Å². The number of halogens is 1. The van der Waals surface area contributed by atoms with E-state index in [9.17, 15) is 14.3 Å². The summed E-state index contributed by atoms with van der Waals surface area (Å²) >= 11 is 0. The number of carboxylic acid groups (broad SMARTS) is 1. The molecule has 1 aromatic rings. The zero-order valence-electron chi connectivity index (χ0n) is 10.1. The highest BCUT2D eigenvalue weighted by Gasteiger charge is 2.17. The van der Waals surface area contributed by atoms with E-state index in [0.717, 1.165) is 6.07 Å². The second-order valence-electron chi connectivity index (χ2n) is 3.97. The maximum atomic E-state index is 13.2. The molecule has 6 heteroatoms. The number of anilines is 2. The normalized spacial score (nSPS) is 12.2. The second-order valence-corrected chi connectivity index (χ2v) is 3.97. The Morgan fingerprint density at radius 1 is 1.56 bits per heavy atom. The van der Waals surface area contributed by atoms with E-state index in [1.54, 1.807) is 0 Å². The van der Waals surface area contributed by atoms with E-state index in [-0.39, 0.29) is 16.9 Å². The van der Waals surface area contributed by atoms with E-state index in [1.807, 2.05) is 6.92 Å². The molecule has 100 valence electrons. The summed E-state index contributed by atoms with van der Waals surface area (Å²) < 4.78 is 13.2. The monoisotopic (exact) mass is 256 g/mol. The quantitative estimate of drug-likeness (QED) is 0.581. The highest BCUT2D eigenvalue weighted by atomic mass is 19.1. The van der Waals surface area contributed by atoms with Crippen LogP contribution in [0, 0.1) is 5.82 Å². The Morgan fingerprint density at radius 2 is 2.22 bits per heavy atom. The first-order valence-corrected chi connectivity index (χ1v) is 5.70. The minimum atomic E-state index is -1.29. The molecule has 0 spiro atoms. The summed E-state index contributed by atoms with van der Waals surface area (Å²) in [5.74, 6) is -2.04. The lowest BCUT2D eigenvalue weighted by Gasteiger charge is -2.13. The number of aliphatic hydroxyl groups excluding tert-OH is 1. The van der Waals surface area contributed by atoms with Crippen molar-refractivity contribution in [1.29, 1.82) is 0 Å². The third-order valence-electron chi connectivity index (χ3n) is 2.67. The summed E-state index contributed by atoms with van der Waals surface area (Å²) in [7, 11) is 0. The standard InChI is InChI=1S/C12H17FN2O3/c1-2-7(16)5-6-15-9-4-3-8(13)11(14)10(9)12(17)18/h3-4,7,15-16H,2,5-6,14H2,1H3,(H,17,18). The number of aromatic carboxylic acids is 1. The summed E-state index contributed by atoms with van der Waals surface area (Å²) in [4.78, 5) is 11.0. The van der Waals surface area contributed by atoms with Crippen molar-refractivity contribution in [3.8, 4) is 0 Å². The van der Waals surface area contributed by atoms with Crippen LogP contribution in [-0.2, 0) is 0 Å². The maximum Gasteiger partial charge on any atom is 0.340 e. The van der Waals surface area contributed by atoms with Crippen molar-refractivity contribution in [2.24, 2.45) is 0 Å². The summed E-state index contributed by atoms with van der Waals surface area (Å²) in [6, 6.07) is 2.44. The molecule has 0 aromatic heterocycles. The molecule has 0 bridgehead atoms. The van der Waals surface area contributed by atoms with Gasteiger partial charge in [0.1, 0.15) is 11.4 Å². The van der Waals surface area contributed by atoms with Gasteiger partial charge in [-0.1, -0.05) is 6.92 Å². The lowest BCUT2D eigenvalue weighted by molar-refractivity contribution is 0.0698. The van der Waals surface area contributed by atoms with Gasteiger partial charge in [0.25, 0.3) is 0 Å². The molecule has 0 saturated carbocycles. The molecule has 0 radical (unpaired) electrons. The first-order valence-electron chi connectivity index (χ1n) is 5.70. The van der Waals surface area contributed by atoms with Gasteiger partial charge < -0.3 is 21.3 Å². The summed E-state index contributed by atoms with van der Waals surface area (Å²) in [5.41, 5.74) is 4.99. The van der Waals surface area contributed by atoms with Crippen molar-refractivity contribution in [2.45, 2.75) is 25.9 Å². The van der Waals surface area contributed by atoms with E-state index in [2.05, 4.69) is 5.32 Å². The molecule has 1 rings (SSSR count). The van der Waals surface area contributed by atoms with Crippen LogP contribution in [0.15, 0.2) is 12.1 Å². The minimum absolute atomic E-state index is 0.254. The summed E-state index contributed by atoms with van der Waals surface area (Å²) in [6.45, 7) is 2.24. The molecule has 1 atom stereocenters. The summed E-state index contributed by atoms with van der Waals surface area (Å²) in [6.07, 6.45) is 0.662. The van der Waals surface area contributed by atoms with Crippen molar-refractivity contribution in [3.05, 3.63) is 23.5 Å². The number of nitrogens with two attached hydrogens (primary N) is 1. The van der Waals surface area contributed by atoms with Gasteiger partial charge in [0.15, 0.2) is 0 Å². The van der Waals surface area contributed by atoms with Gasteiger partial charge in [-0.2, -0.15) is 0 Å². The highest BCUT2D eigenvalue weighted by Crippen LogP contribution is 2.25. The largest absolute Gasteiger partial charge is 0.478 e. The number of nitrogens with one attached hydrogen (secondary N) is 1. The first-order chi connectivity index (χ1) is 8.47. The molecular formula is C12H17FN2O3. The van der Waals surface area contributed by atoms with Crippen LogP contribution in [0.2, 0.25) is 0 Å². The highest BCUT2D eigenvalue weighted by molar-refractivity contribution is 6.00. The molecule has 0 aliphatic heterocycles. The van der Waals surface area contributed by atoms with Gasteiger partial charge in [-0.3, -0.25) is 0 Å². The van der Waals surface area contributed by atoms with E-state index in [1.165, 1.54) is 6.07 Å². The Labute approximate surface area is 104 Å². The van der Waals surface area contributed by atoms with Gasteiger partial charge >= 0.3 is 5.97 Å². The van der Waals surface area contributed by atoms with Gasteiger partial charge in [-0.25, -0.2) is 9.18 Å².